The topological polar surface area (TPSA) is 34.8 Å². The second-order valence-electron chi connectivity index (χ2n) is 10.2. The first-order valence-corrected chi connectivity index (χ1v) is 13.4. The maximum absolute atomic E-state index is 5.19. The van der Waals surface area contributed by atoms with Crippen molar-refractivity contribution >= 4 is 0 Å². The quantitative estimate of drug-likeness (QED) is 0.250. The first kappa shape index (κ1) is 25.0. The predicted molar refractivity (Wildman–Crippen MR) is 154 cm³/mol. The summed E-state index contributed by atoms with van der Waals surface area (Å²) in [5.41, 5.74) is 8.81. The molecule has 5 rings (SSSR count). The van der Waals surface area contributed by atoms with Crippen LogP contribution in [-0.4, -0.2) is 27.2 Å². The van der Waals surface area contributed by atoms with Crippen molar-refractivity contribution in [3.8, 4) is 11.6 Å². The second-order valence-corrected chi connectivity index (χ2v) is 10.2. The molecule has 4 aromatic rings. The minimum absolute atomic E-state index is 0.262. The zero-order valence-electron chi connectivity index (χ0n) is 22.5. The molecule has 1 N–H and O–H groups in total. The Bertz CT molecular complexity index is 1310. The number of benzene rings is 1. The first-order chi connectivity index (χ1) is 18.0. The molecule has 4 nitrogen and oxygen atoms in total. The fraction of sp³-hybridized carbons (Fsp3) is 0.303. The lowest BCUT2D eigenvalue weighted by Gasteiger charge is -2.22. The Hall–Kier alpha value is -3.63. The van der Waals surface area contributed by atoms with Crippen LogP contribution in [0.5, 0.6) is 0 Å². The van der Waals surface area contributed by atoms with E-state index in [2.05, 4.69) is 127 Å². The van der Waals surface area contributed by atoms with Gasteiger partial charge in [-0.1, -0.05) is 48.6 Å². The fourth-order valence-corrected chi connectivity index (χ4v) is 5.50. The summed E-state index contributed by atoms with van der Waals surface area (Å²) in [4.78, 5) is 5.19. The van der Waals surface area contributed by atoms with E-state index in [1.54, 1.807) is 0 Å². The average Bonchev–Trinajstić information content (AvgIpc) is 3.44. The minimum Gasteiger partial charge on any atom is -0.313 e. The monoisotopic (exact) mass is 490 g/mol. The van der Waals surface area contributed by atoms with E-state index in [4.69, 9.17) is 4.98 Å². The average molecular weight is 491 g/mol. The third-order valence-corrected chi connectivity index (χ3v) is 7.44. The molecule has 3 heterocycles. The van der Waals surface area contributed by atoms with Crippen molar-refractivity contribution in [1.29, 1.82) is 0 Å². The van der Waals surface area contributed by atoms with E-state index >= 15 is 0 Å². The van der Waals surface area contributed by atoms with Crippen LogP contribution in [0.25, 0.3) is 11.6 Å². The van der Waals surface area contributed by atoms with Crippen LogP contribution in [0.4, 0.5) is 0 Å². The van der Waals surface area contributed by atoms with Gasteiger partial charge in [0.25, 0.3) is 0 Å². The van der Waals surface area contributed by atoms with Gasteiger partial charge in [-0.2, -0.15) is 0 Å². The van der Waals surface area contributed by atoms with Gasteiger partial charge in [-0.3, -0.25) is 0 Å². The van der Waals surface area contributed by atoms with E-state index in [1.807, 2.05) is 0 Å². The van der Waals surface area contributed by atoms with E-state index in [0.29, 0.717) is 0 Å². The molecule has 37 heavy (non-hydrogen) atoms. The molecule has 0 fully saturated rings. The van der Waals surface area contributed by atoms with Crippen molar-refractivity contribution in [1.82, 2.24) is 19.4 Å². The maximum atomic E-state index is 5.19. The number of pyridine rings is 1. The van der Waals surface area contributed by atoms with Crippen molar-refractivity contribution in [2.45, 2.75) is 52.9 Å². The summed E-state index contributed by atoms with van der Waals surface area (Å²) in [6, 6.07) is 24.2. The second kappa shape index (κ2) is 11.2. The van der Waals surface area contributed by atoms with Gasteiger partial charge in [0.05, 0.1) is 0 Å². The van der Waals surface area contributed by atoms with Crippen LogP contribution in [0.3, 0.4) is 0 Å². The summed E-state index contributed by atoms with van der Waals surface area (Å²) in [7, 11) is 0. The molecule has 0 bridgehead atoms. The Kier molecular flexibility index (Phi) is 7.57. The molecule has 1 aliphatic rings. The van der Waals surface area contributed by atoms with Crippen molar-refractivity contribution in [3.63, 3.8) is 0 Å². The summed E-state index contributed by atoms with van der Waals surface area (Å²) < 4.78 is 4.53. The largest absolute Gasteiger partial charge is 0.313 e. The summed E-state index contributed by atoms with van der Waals surface area (Å²) in [6.45, 7) is 10.5. The summed E-state index contributed by atoms with van der Waals surface area (Å²) in [6.07, 6.45) is 10.2. The molecular weight excluding hydrogens is 452 g/mol. The Morgan fingerprint density at radius 2 is 1.35 bits per heavy atom. The fourth-order valence-electron chi connectivity index (χ4n) is 5.50. The molecule has 1 atom stereocenters. The third-order valence-electron chi connectivity index (χ3n) is 7.44. The van der Waals surface area contributed by atoms with Gasteiger partial charge in [-0.25, -0.2) is 4.98 Å². The van der Waals surface area contributed by atoms with E-state index in [0.717, 1.165) is 44.0 Å². The maximum Gasteiger partial charge on any atom is 0.139 e. The molecule has 3 aromatic heterocycles. The zero-order valence-corrected chi connectivity index (χ0v) is 22.5. The molecule has 0 spiro atoms. The Labute approximate surface area is 221 Å². The van der Waals surface area contributed by atoms with Gasteiger partial charge in [0.1, 0.15) is 11.6 Å². The van der Waals surface area contributed by atoms with Gasteiger partial charge in [-0.15, -0.1) is 0 Å². The highest BCUT2D eigenvalue weighted by Gasteiger charge is 2.19. The Balaban J connectivity index is 1.54. The highest BCUT2D eigenvalue weighted by Crippen LogP contribution is 2.31. The lowest BCUT2D eigenvalue weighted by molar-refractivity contribution is 0.634. The molecule has 1 aliphatic carbocycles. The smallest absolute Gasteiger partial charge is 0.139 e. The zero-order chi connectivity index (χ0) is 25.8. The molecule has 0 saturated heterocycles. The van der Waals surface area contributed by atoms with Gasteiger partial charge in [0.2, 0.25) is 0 Å². The van der Waals surface area contributed by atoms with Crippen molar-refractivity contribution in [2.75, 3.05) is 13.1 Å². The number of hydrogen-bond acceptors (Lipinski definition) is 2. The van der Waals surface area contributed by atoms with Crippen LogP contribution in [-0.2, 0) is 0 Å². The van der Waals surface area contributed by atoms with Crippen LogP contribution in [0, 0.1) is 27.7 Å². The normalized spacial score (nSPS) is 14.1. The van der Waals surface area contributed by atoms with Crippen molar-refractivity contribution < 1.29 is 0 Å². The molecule has 0 saturated carbocycles. The number of hydrogen-bond donors (Lipinski definition) is 1. The number of allylic oxidation sites excluding steroid dienone is 2. The summed E-state index contributed by atoms with van der Waals surface area (Å²) >= 11 is 0. The molecule has 1 aromatic carbocycles. The third kappa shape index (κ3) is 5.55. The Morgan fingerprint density at radius 3 is 1.89 bits per heavy atom. The molecule has 0 amide bonds. The van der Waals surface area contributed by atoms with Crippen LogP contribution in [0.1, 0.15) is 59.1 Å². The molecule has 1 unspecified atom stereocenters. The van der Waals surface area contributed by atoms with Gasteiger partial charge in [0.15, 0.2) is 0 Å². The van der Waals surface area contributed by atoms with Gasteiger partial charge >= 0.3 is 0 Å². The van der Waals surface area contributed by atoms with E-state index in [9.17, 15) is 0 Å². The standard InChI is InChI=1S/C33H38N4/c1-24-15-16-25(2)36(24)32-21-30(22-33(35-32)37-26(3)17-18-27(37)4)31(29-13-9-6-10-14-29)19-20-34-23-28-11-7-5-8-12-28/h6-7,9-18,21-22,31,34H,5,8,19-20,23H2,1-4H3. The molecule has 0 radical (unpaired) electrons. The summed E-state index contributed by atoms with van der Waals surface area (Å²) in [5.74, 6) is 2.22. The number of rotatable bonds is 9. The van der Waals surface area contributed by atoms with Gasteiger partial charge < -0.3 is 14.5 Å². The number of nitrogens with zero attached hydrogens (tertiary/aromatic N) is 3. The van der Waals surface area contributed by atoms with Crippen molar-refractivity contribution in [2.24, 2.45) is 0 Å². The number of aryl methyl sites for hydroxylation is 4. The van der Waals surface area contributed by atoms with Crippen molar-refractivity contribution in [3.05, 3.63) is 124 Å². The van der Waals surface area contributed by atoms with Crippen LogP contribution in [0.2, 0.25) is 0 Å². The first-order valence-electron chi connectivity index (χ1n) is 13.4. The van der Waals surface area contributed by atoms with Crippen LogP contribution >= 0.6 is 0 Å². The molecular formula is C33H38N4. The Morgan fingerprint density at radius 1 is 0.757 bits per heavy atom. The van der Waals surface area contributed by atoms with Crippen LogP contribution < -0.4 is 5.32 Å². The highest BCUT2D eigenvalue weighted by molar-refractivity contribution is 5.46. The molecule has 0 aliphatic heterocycles. The molecule has 190 valence electrons. The number of aromatic nitrogens is 3. The van der Waals surface area contributed by atoms with Crippen LogP contribution in [0.15, 0.2) is 90.5 Å². The number of nitrogens with one attached hydrogen (secondary N) is 1. The van der Waals surface area contributed by atoms with Gasteiger partial charge in [0, 0.05) is 35.2 Å². The van der Waals surface area contributed by atoms with Gasteiger partial charge in [-0.05, 0) is 107 Å². The lowest BCUT2D eigenvalue weighted by atomic mass is 9.88. The predicted octanol–water partition coefficient (Wildman–Crippen LogP) is 7.28. The van der Waals surface area contributed by atoms with E-state index in [-0.39, 0.29) is 5.92 Å². The highest BCUT2D eigenvalue weighted by atomic mass is 15.1. The lowest BCUT2D eigenvalue weighted by Crippen LogP contribution is -2.21. The molecule has 4 heteroatoms. The summed E-state index contributed by atoms with van der Waals surface area (Å²) in [5, 5.41) is 3.70. The SMILES string of the molecule is Cc1ccc(C)n1-c1cc(C(CCNCC2=CCCC=C2)c2ccccc2)cc(-n2c(C)ccc2C)n1. The minimum atomic E-state index is 0.262. The van der Waals surface area contributed by atoms with E-state index < -0.39 is 0 Å². The van der Waals surface area contributed by atoms with E-state index in [1.165, 1.54) is 39.5 Å².